The zero-order valence-corrected chi connectivity index (χ0v) is 39.3. The van der Waals surface area contributed by atoms with Crippen molar-refractivity contribution in [2.45, 2.75) is 86.2 Å². The number of morpholine rings is 1. The molecule has 3 aliphatic rings. The highest BCUT2D eigenvalue weighted by Crippen LogP contribution is 2.42. The number of sulfonamides is 1. The predicted octanol–water partition coefficient (Wildman–Crippen LogP) is 9.76. The van der Waals surface area contributed by atoms with Gasteiger partial charge in [-0.25, -0.2) is 13.1 Å². The third-order valence-corrected chi connectivity index (χ3v) is 15.4. The van der Waals surface area contributed by atoms with Gasteiger partial charge < -0.3 is 10.1 Å². The zero-order valence-electron chi connectivity index (χ0n) is 36.1. The fourth-order valence-electron chi connectivity index (χ4n) is 8.50. The average molecular weight is 958 g/mol. The summed E-state index contributed by atoms with van der Waals surface area (Å²) < 4.78 is 79.7. The molecule has 11 nitrogen and oxygen atoms in total. The third kappa shape index (κ3) is 13.0. The molecule has 2 N–H and O–H groups in total. The molecule has 344 valence electrons. The largest absolute Gasteiger partial charge is 0.446 e. The second kappa shape index (κ2) is 22.1. The number of hydrogen-bond donors (Lipinski definition) is 2. The van der Waals surface area contributed by atoms with Crippen molar-refractivity contribution in [2.24, 2.45) is 0 Å². The summed E-state index contributed by atoms with van der Waals surface area (Å²) in [7, 11) is -4.35. The molecule has 0 radical (unpaired) electrons. The van der Waals surface area contributed by atoms with Gasteiger partial charge in [-0.2, -0.15) is 13.2 Å². The smallest absolute Gasteiger partial charge is 0.381 e. The molecule has 0 bridgehead atoms. The highest BCUT2D eigenvalue weighted by atomic mass is 35.5. The van der Waals surface area contributed by atoms with Crippen molar-refractivity contribution >= 4 is 56.8 Å². The fourth-order valence-corrected chi connectivity index (χ4v) is 11.5. The first kappa shape index (κ1) is 48.1. The van der Waals surface area contributed by atoms with E-state index >= 15 is 0 Å². The molecule has 2 fully saturated rings. The highest BCUT2D eigenvalue weighted by Gasteiger charge is 2.35. The number of nitrogens with one attached hydrogen (secondary N) is 2. The van der Waals surface area contributed by atoms with Crippen molar-refractivity contribution in [3.05, 3.63) is 119 Å². The lowest BCUT2D eigenvalue weighted by Gasteiger charge is -2.43. The number of likely N-dealkylation sites (tertiary alicyclic amines) is 1. The van der Waals surface area contributed by atoms with Crippen LogP contribution in [-0.2, 0) is 34.4 Å². The van der Waals surface area contributed by atoms with Gasteiger partial charge in [-0.05, 0) is 98.0 Å². The van der Waals surface area contributed by atoms with Crippen LogP contribution in [0.2, 0.25) is 5.02 Å². The van der Waals surface area contributed by atoms with Crippen molar-refractivity contribution < 1.29 is 26.3 Å². The number of hydrogen-bond acceptors (Lipinski definition) is 11. The van der Waals surface area contributed by atoms with E-state index in [4.69, 9.17) is 16.3 Å². The fraction of sp³-hybridized carbons (Fsp3) is 0.435. The van der Waals surface area contributed by atoms with Crippen molar-refractivity contribution in [3.63, 3.8) is 0 Å². The monoisotopic (exact) mass is 956 g/mol. The first-order valence-corrected chi connectivity index (χ1v) is 25.3. The van der Waals surface area contributed by atoms with Gasteiger partial charge in [-0.15, -0.1) is 22.0 Å². The van der Waals surface area contributed by atoms with E-state index in [1.54, 1.807) is 22.4 Å². The van der Waals surface area contributed by atoms with Crippen molar-refractivity contribution in [3.8, 4) is 11.1 Å². The number of thioether (sulfide) groups is 2. The van der Waals surface area contributed by atoms with Crippen LogP contribution >= 0.6 is 35.1 Å². The number of fused-ring (bicyclic) bond motifs is 1. The zero-order chi connectivity index (χ0) is 45.3. The number of aromatic nitrogens is 3. The number of nitrogens with zero attached hydrogens (tertiary/aromatic N) is 6. The predicted molar refractivity (Wildman–Crippen MR) is 254 cm³/mol. The molecule has 4 aromatic rings. The molecule has 2 saturated heterocycles. The van der Waals surface area contributed by atoms with Crippen LogP contribution in [0.15, 0.2) is 112 Å². The molecule has 0 aliphatic carbocycles. The highest BCUT2D eigenvalue weighted by molar-refractivity contribution is 8.03. The van der Waals surface area contributed by atoms with Gasteiger partial charge in [-0.1, -0.05) is 72.8 Å². The van der Waals surface area contributed by atoms with Crippen LogP contribution in [0, 0.1) is 0 Å². The van der Waals surface area contributed by atoms with Gasteiger partial charge in [0.15, 0.2) is 0 Å². The van der Waals surface area contributed by atoms with E-state index in [9.17, 15) is 21.6 Å². The Balaban J connectivity index is 1.00. The van der Waals surface area contributed by atoms with Gasteiger partial charge >= 0.3 is 5.51 Å². The van der Waals surface area contributed by atoms with Crippen LogP contribution in [0.4, 0.5) is 24.8 Å². The Hall–Kier alpha value is -3.81. The quantitative estimate of drug-likeness (QED) is 0.0736. The van der Waals surface area contributed by atoms with Crippen molar-refractivity contribution in [1.82, 2.24) is 29.5 Å². The Labute approximate surface area is 388 Å². The van der Waals surface area contributed by atoms with Gasteiger partial charge in [0.25, 0.3) is 10.0 Å². The van der Waals surface area contributed by atoms with E-state index in [0.29, 0.717) is 68.0 Å². The number of allylic oxidation sites excluding steroid dienone is 4. The van der Waals surface area contributed by atoms with E-state index in [2.05, 4.69) is 84.8 Å². The molecule has 2 unspecified atom stereocenters. The number of anilines is 2. The number of halogens is 4. The summed E-state index contributed by atoms with van der Waals surface area (Å²) in [6.07, 6.45) is 10.1. The molecule has 3 aliphatic heterocycles. The van der Waals surface area contributed by atoms with Crippen LogP contribution in [0.5, 0.6) is 0 Å². The molecule has 64 heavy (non-hydrogen) atoms. The molecule has 7 rings (SSSR count). The van der Waals surface area contributed by atoms with Crippen LogP contribution < -0.4 is 10.0 Å². The number of ether oxygens (including phenoxy) is 1. The summed E-state index contributed by atoms with van der Waals surface area (Å²) in [6.45, 7) is 15.0. The maximum Gasteiger partial charge on any atom is 0.446 e. The Morgan fingerprint density at radius 2 is 1.83 bits per heavy atom. The Kier molecular flexibility index (Phi) is 16.6. The first-order valence-electron chi connectivity index (χ1n) is 21.6. The molecule has 0 spiro atoms. The minimum absolute atomic E-state index is 0.0362. The summed E-state index contributed by atoms with van der Waals surface area (Å²) in [4.78, 5) is 7.62. The summed E-state index contributed by atoms with van der Waals surface area (Å²) >= 11 is 7.40. The normalized spacial score (nSPS) is 20.0. The van der Waals surface area contributed by atoms with Gasteiger partial charge in [-0.3, -0.25) is 19.3 Å². The first-order chi connectivity index (χ1) is 30.8. The van der Waals surface area contributed by atoms with E-state index in [1.807, 2.05) is 37.3 Å². The number of rotatable bonds is 18. The van der Waals surface area contributed by atoms with Crippen LogP contribution in [-0.4, -0.2) is 113 Å². The summed E-state index contributed by atoms with van der Waals surface area (Å²) in [5.74, 6) is 1.22. The molecule has 1 aromatic heterocycles. The summed E-state index contributed by atoms with van der Waals surface area (Å²) in [6, 6.07) is 20.7. The Bertz CT molecular complexity index is 2370. The minimum atomic E-state index is -4.66. The SMILES string of the molecule is C=C/C=C(\C=C/C)SC[C@@H](CCN1CCOCC1)Nc1ccc(S(=O)(=O)Nc2nnc3n2CCN(C2CCN(Cc4ccccc4-c4ccc(Cl)cc4)C(C)C2)C3)cc1SC(F)(F)F. The molecule has 3 aromatic carbocycles. The molecule has 18 heteroatoms. The lowest BCUT2D eigenvalue weighted by Crippen LogP contribution is -2.50. The maximum absolute atomic E-state index is 14.1. The molecule has 0 amide bonds. The maximum atomic E-state index is 14.1. The topological polar surface area (TPSA) is 108 Å². The Morgan fingerprint density at radius 1 is 1.05 bits per heavy atom. The third-order valence-electron chi connectivity index (χ3n) is 11.9. The second-order valence-corrected chi connectivity index (χ2v) is 20.6. The molecule has 0 saturated carbocycles. The number of alkyl halides is 3. The average Bonchev–Trinajstić information content (AvgIpc) is 3.67. The number of benzene rings is 3. The van der Waals surface area contributed by atoms with Gasteiger partial charge in [0.2, 0.25) is 5.95 Å². The molecule has 4 heterocycles. The van der Waals surface area contributed by atoms with E-state index in [0.717, 1.165) is 62.1 Å². The lowest BCUT2D eigenvalue weighted by atomic mass is 9.94. The molecular weight excluding hydrogens is 901 g/mol. The molecular formula is C46H56ClF3N8O3S3. The molecule has 3 atom stereocenters. The lowest BCUT2D eigenvalue weighted by molar-refractivity contribution is -0.0328. The van der Waals surface area contributed by atoms with Crippen molar-refractivity contribution in [1.29, 1.82) is 0 Å². The summed E-state index contributed by atoms with van der Waals surface area (Å²) in [5, 5.41) is 12.6. The standard InChI is InChI=1S/C46H56ClF3N8O3S3/c1-4-8-39(9-5-2)62-32-37(18-20-55-24-26-61-27-25-55)51-42-17-16-40(29-43(42)63-46(48,49)50)64(59,60)54-45-53-52-44-31-57(22-23-58(44)45)38-19-21-56(33(3)28-38)30-35-10-6-7-11-41(35)34-12-14-36(47)15-13-34/h4-17,29,33,37-38,51H,1,18-28,30-32H2,2-3H3,(H,53,54)/b9-5-,39-8+/t33?,37-,38?/m1/s1. The number of piperidine rings is 1. The van der Waals surface area contributed by atoms with Gasteiger partial charge in [0.05, 0.1) is 24.7 Å². The minimum Gasteiger partial charge on any atom is -0.381 e. The second-order valence-electron chi connectivity index (χ2n) is 16.2. The van der Waals surface area contributed by atoms with E-state index < -0.39 is 15.5 Å². The van der Waals surface area contributed by atoms with Crippen LogP contribution in [0.3, 0.4) is 0 Å². The van der Waals surface area contributed by atoms with Gasteiger partial charge in [0, 0.05) is 90.2 Å². The van der Waals surface area contributed by atoms with E-state index in [1.165, 1.54) is 23.3 Å². The van der Waals surface area contributed by atoms with E-state index in [-0.39, 0.29) is 39.2 Å². The van der Waals surface area contributed by atoms with Crippen LogP contribution in [0.25, 0.3) is 11.1 Å². The van der Waals surface area contributed by atoms with Crippen LogP contribution in [0.1, 0.15) is 44.5 Å². The van der Waals surface area contributed by atoms with Crippen molar-refractivity contribution in [2.75, 3.05) is 61.7 Å². The van der Waals surface area contributed by atoms with Gasteiger partial charge in [0.1, 0.15) is 5.82 Å². The summed E-state index contributed by atoms with van der Waals surface area (Å²) in [5.41, 5.74) is -0.849. The Morgan fingerprint density at radius 3 is 2.56 bits per heavy atom.